The van der Waals surface area contributed by atoms with Crippen LogP contribution >= 0.6 is 11.3 Å². The van der Waals surface area contributed by atoms with Crippen LogP contribution in [0.3, 0.4) is 0 Å². The Labute approximate surface area is 64.9 Å². The molecular formula is C8H9NS. The van der Waals surface area contributed by atoms with E-state index in [4.69, 9.17) is 5.26 Å². The predicted octanol–water partition coefficient (Wildman–Crippen LogP) is 2.55. The minimum absolute atomic E-state index is 0.863. The molecule has 0 fully saturated rings. The number of nitrogens with zero attached hydrogens (tertiary/aromatic N) is 1. The summed E-state index contributed by atoms with van der Waals surface area (Å²) in [6, 6.07) is 2.19. The molecule has 0 aliphatic rings. The third-order valence-electron chi connectivity index (χ3n) is 1.67. The zero-order valence-corrected chi connectivity index (χ0v) is 7.17. The van der Waals surface area contributed by atoms with Crippen molar-refractivity contribution >= 4 is 11.3 Å². The van der Waals surface area contributed by atoms with Crippen LogP contribution in [0.4, 0.5) is 0 Å². The number of aryl methyl sites for hydroxylation is 2. The molecule has 0 saturated heterocycles. The van der Waals surface area contributed by atoms with Gasteiger partial charge in [0.15, 0.2) is 0 Å². The van der Waals surface area contributed by atoms with Gasteiger partial charge in [-0.3, -0.25) is 0 Å². The van der Waals surface area contributed by atoms with Crippen molar-refractivity contribution in [2.45, 2.75) is 20.8 Å². The molecular weight excluding hydrogens is 142 g/mol. The molecule has 1 rings (SSSR count). The summed E-state index contributed by atoms with van der Waals surface area (Å²) in [6.45, 7) is 6.04. The minimum atomic E-state index is 0.863. The Morgan fingerprint density at radius 2 is 1.80 bits per heavy atom. The Morgan fingerprint density at radius 3 is 2.00 bits per heavy atom. The quantitative estimate of drug-likeness (QED) is 0.559. The van der Waals surface area contributed by atoms with E-state index in [1.807, 2.05) is 20.8 Å². The summed E-state index contributed by atoms with van der Waals surface area (Å²) in [5.74, 6) is 0. The predicted molar refractivity (Wildman–Crippen MR) is 43.2 cm³/mol. The van der Waals surface area contributed by atoms with Gasteiger partial charge >= 0.3 is 0 Å². The monoisotopic (exact) mass is 151 g/mol. The van der Waals surface area contributed by atoms with Gasteiger partial charge in [-0.05, 0) is 26.3 Å². The van der Waals surface area contributed by atoms with E-state index in [0.717, 1.165) is 16.0 Å². The molecule has 0 aliphatic heterocycles. The van der Waals surface area contributed by atoms with Gasteiger partial charge in [0.25, 0.3) is 0 Å². The fourth-order valence-electron chi connectivity index (χ4n) is 0.960. The highest BCUT2D eigenvalue weighted by atomic mass is 32.1. The van der Waals surface area contributed by atoms with Crippen LogP contribution in [-0.4, -0.2) is 0 Å². The molecule has 10 heavy (non-hydrogen) atoms. The number of hydrogen-bond donors (Lipinski definition) is 0. The second-order valence-corrected chi connectivity index (χ2v) is 3.76. The Hall–Kier alpha value is -0.810. The van der Waals surface area contributed by atoms with Crippen molar-refractivity contribution in [2.75, 3.05) is 0 Å². The molecule has 1 aromatic rings. The Morgan fingerprint density at radius 1 is 1.20 bits per heavy atom. The number of hydrogen-bond acceptors (Lipinski definition) is 2. The molecule has 0 atom stereocenters. The molecule has 0 N–H and O–H groups in total. The lowest BCUT2D eigenvalue weighted by Gasteiger charge is -1.86. The van der Waals surface area contributed by atoms with Crippen molar-refractivity contribution in [3.63, 3.8) is 0 Å². The van der Waals surface area contributed by atoms with Crippen LogP contribution in [0.25, 0.3) is 0 Å². The number of thiophene rings is 1. The standard InChI is InChI=1S/C8H9NS/c1-5-6(2)10-7(3)8(5)4-9/h1-3H3. The molecule has 0 aromatic carbocycles. The Bertz CT molecular complexity index is 291. The fraction of sp³-hybridized carbons (Fsp3) is 0.375. The van der Waals surface area contributed by atoms with Crippen LogP contribution in [0, 0.1) is 32.1 Å². The molecule has 0 saturated carbocycles. The van der Waals surface area contributed by atoms with Crippen LogP contribution < -0.4 is 0 Å². The second kappa shape index (κ2) is 2.43. The molecule has 1 heterocycles. The summed E-state index contributed by atoms with van der Waals surface area (Å²) in [7, 11) is 0. The molecule has 0 bridgehead atoms. The van der Waals surface area contributed by atoms with E-state index < -0.39 is 0 Å². The summed E-state index contributed by atoms with van der Waals surface area (Å²) in [5.41, 5.74) is 2.01. The van der Waals surface area contributed by atoms with E-state index in [1.54, 1.807) is 11.3 Å². The molecule has 0 radical (unpaired) electrons. The first-order chi connectivity index (χ1) is 4.66. The van der Waals surface area contributed by atoms with E-state index in [-0.39, 0.29) is 0 Å². The zero-order chi connectivity index (χ0) is 7.72. The van der Waals surface area contributed by atoms with Crippen molar-refractivity contribution in [3.8, 4) is 6.07 Å². The molecule has 2 heteroatoms. The largest absolute Gasteiger partial charge is 0.192 e. The maximum Gasteiger partial charge on any atom is 0.101 e. The van der Waals surface area contributed by atoms with Gasteiger partial charge < -0.3 is 0 Å². The van der Waals surface area contributed by atoms with Gasteiger partial charge in [0.1, 0.15) is 6.07 Å². The smallest absolute Gasteiger partial charge is 0.101 e. The summed E-state index contributed by atoms with van der Waals surface area (Å²) in [4.78, 5) is 2.39. The number of rotatable bonds is 0. The lowest BCUT2D eigenvalue weighted by Crippen LogP contribution is -1.76. The maximum atomic E-state index is 8.67. The highest BCUT2D eigenvalue weighted by Crippen LogP contribution is 2.25. The average Bonchev–Trinajstić information content (AvgIpc) is 2.09. The molecule has 0 aliphatic carbocycles. The van der Waals surface area contributed by atoms with Gasteiger partial charge in [0, 0.05) is 9.75 Å². The first-order valence-corrected chi connectivity index (χ1v) is 3.95. The van der Waals surface area contributed by atoms with Crippen LogP contribution in [0.15, 0.2) is 0 Å². The van der Waals surface area contributed by atoms with Crippen molar-refractivity contribution in [1.29, 1.82) is 5.26 Å². The first kappa shape index (κ1) is 7.30. The Kier molecular flexibility index (Phi) is 1.78. The van der Waals surface area contributed by atoms with Crippen molar-refractivity contribution in [3.05, 3.63) is 20.9 Å². The van der Waals surface area contributed by atoms with E-state index in [1.165, 1.54) is 4.88 Å². The molecule has 52 valence electrons. The fourth-order valence-corrected chi connectivity index (χ4v) is 1.98. The summed E-state index contributed by atoms with van der Waals surface area (Å²) in [5, 5.41) is 8.67. The van der Waals surface area contributed by atoms with Gasteiger partial charge in [0.05, 0.1) is 5.56 Å². The highest BCUT2D eigenvalue weighted by molar-refractivity contribution is 7.12. The van der Waals surface area contributed by atoms with Crippen LogP contribution in [0.5, 0.6) is 0 Å². The van der Waals surface area contributed by atoms with Gasteiger partial charge in [-0.15, -0.1) is 11.3 Å². The lowest BCUT2D eigenvalue weighted by atomic mass is 10.1. The van der Waals surface area contributed by atoms with E-state index >= 15 is 0 Å². The SMILES string of the molecule is Cc1sc(C)c(C#N)c1C. The van der Waals surface area contributed by atoms with Crippen LogP contribution in [0.2, 0.25) is 0 Å². The summed E-state index contributed by atoms with van der Waals surface area (Å²) in [6.07, 6.45) is 0. The van der Waals surface area contributed by atoms with E-state index in [2.05, 4.69) is 6.07 Å². The maximum absolute atomic E-state index is 8.67. The molecule has 0 unspecified atom stereocenters. The topological polar surface area (TPSA) is 23.8 Å². The normalized spacial score (nSPS) is 9.40. The van der Waals surface area contributed by atoms with Crippen molar-refractivity contribution in [1.82, 2.24) is 0 Å². The summed E-state index contributed by atoms with van der Waals surface area (Å²) >= 11 is 1.70. The van der Waals surface area contributed by atoms with Gasteiger partial charge in [-0.1, -0.05) is 0 Å². The molecule has 1 nitrogen and oxygen atoms in total. The second-order valence-electron chi connectivity index (χ2n) is 2.33. The molecule has 1 aromatic heterocycles. The third-order valence-corrected chi connectivity index (χ3v) is 2.80. The minimum Gasteiger partial charge on any atom is -0.192 e. The van der Waals surface area contributed by atoms with Crippen molar-refractivity contribution in [2.24, 2.45) is 0 Å². The third kappa shape index (κ3) is 0.932. The van der Waals surface area contributed by atoms with Crippen LogP contribution in [0.1, 0.15) is 20.9 Å². The molecule has 0 amide bonds. The average molecular weight is 151 g/mol. The lowest BCUT2D eigenvalue weighted by molar-refractivity contribution is 1.37. The number of nitriles is 1. The Balaban J connectivity index is 3.37. The van der Waals surface area contributed by atoms with Gasteiger partial charge in [-0.25, -0.2) is 0 Å². The zero-order valence-electron chi connectivity index (χ0n) is 6.36. The highest BCUT2D eigenvalue weighted by Gasteiger charge is 2.06. The van der Waals surface area contributed by atoms with Crippen LogP contribution in [-0.2, 0) is 0 Å². The van der Waals surface area contributed by atoms with E-state index in [9.17, 15) is 0 Å². The van der Waals surface area contributed by atoms with Gasteiger partial charge in [-0.2, -0.15) is 5.26 Å². The summed E-state index contributed by atoms with van der Waals surface area (Å²) < 4.78 is 0. The first-order valence-electron chi connectivity index (χ1n) is 3.13. The van der Waals surface area contributed by atoms with E-state index in [0.29, 0.717) is 0 Å². The van der Waals surface area contributed by atoms with Crippen molar-refractivity contribution < 1.29 is 0 Å². The van der Waals surface area contributed by atoms with Gasteiger partial charge in [0.2, 0.25) is 0 Å². The molecule has 0 spiro atoms.